The number of halogens is 2. The molecule has 2 amide bonds. The molecule has 0 radical (unpaired) electrons. The van der Waals surface area contributed by atoms with Crippen LogP contribution in [0.5, 0.6) is 0 Å². The van der Waals surface area contributed by atoms with Crippen LogP contribution in [0.4, 0.5) is 0 Å². The third kappa shape index (κ3) is 9.25. The van der Waals surface area contributed by atoms with E-state index in [-0.39, 0.29) is 21.2 Å². The van der Waals surface area contributed by atoms with Crippen molar-refractivity contribution in [1.29, 1.82) is 0 Å². The van der Waals surface area contributed by atoms with Gasteiger partial charge in [0.25, 0.3) is 0 Å². The van der Waals surface area contributed by atoms with Crippen LogP contribution in [0, 0.1) is 0 Å². The summed E-state index contributed by atoms with van der Waals surface area (Å²) < 4.78 is 3.84. The molecule has 112 valence electrons. The van der Waals surface area contributed by atoms with Crippen LogP contribution in [-0.2, 0) is 33.4 Å². The van der Waals surface area contributed by atoms with Crippen LogP contribution in [0.1, 0.15) is 53.4 Å². The molecule has 7 heteroatoms. The molecule has 0 saturated carbocycles. The van der Waals surface area contributed by atoms with Crippen LogP contribution >= 0.6 is 0 Å². The van der Waals surface area contributed by atoms with Crippen LogP contribution in [-0.4, -0.2) is 30.6 Å². The maximum Gasteiger partial charge on any atom is -1.00 e. The van der Waals surface area contributed by atoms with E-state index in [0.29, 0.717) is 12.8 Å². The molecule has 19 heavy (non-hydrogen) atoms. The van der Waals surface area contributed by atoms with E-state index >= 15 is 0 Å². The van der Waals surface area contributed by atoms with Gasteiger partial charge in [-0.05, 0) is 0 Å². The number of hydrogen-bond donors (Lipinski definition) is 0. The Bertz CT molecular complexity index is 232. The molecule has 0 aliphatic carbocycles. The maximum atomic E-state index is 11.8. The third-order valence-electron chi connectivity index (χ3n) is 2.40. The summed E-state index contributed by atoms with van der Waals surface area (Å²) in [6.07, 6.45) is 2.97. The first-order chi connectivity index (χ1) is 8.10. The minimum absolute atomic E-state index is 0. The second kappa shape index (κ2) is 14.1. The fraction of sp³-hybridized carbons (Fsp3) is 0.833. The SMILES string of the molecule is CCCC(=O)[N](CC)[Zr+2][N](CC)C(=O)CCC.[F-].[F-]. The van der Waals surface area contributed by atoms with Crippen molar-refractivity contribution >= 4 is 11.8 Å². The fourth-order valence-electron chi connectivity index (χ4n) is 1.45. The maximum absolute atomic E-state index is 11.8. The molecule has 0 saturated heterocycles. The normalized spacial score (nSPS) is 8.63. The van der Waals surface area contributed by atoms with Gasteiger partial charge in [0.2, 0.25) is 0 Å². The molecule has 0 spiro atoms. The Labute approximate surface area is 127 Å². The van der Waals surface area contributed by atoms with Crippen LogP contribution in [0.2, 0.25) is 0 Å². The van der Waals surface area contributed by atoms with Crippen molar-refractivity contribution in [2.24, 2.45) is 0 Å². The third-order valence-corrected chi connectivity index (χ3v) is 6.37. The van der Waals surface area contributed by atoms with Crippen molar-refractivity contribution in [1.82, 2.24) is 5.69 Å². The van der Waals surface area contributed by atoms with E-state index in [1.807, 2.05) is 33.4 Å². The van der Waals surface area contributed by atoms with E-state index in [9.17, 15) is 9.59 Å². The molecule has 0 unspecified atom stereocenters. The largest absolute Gasteiger partial charge is 1.00 e. The van der Waals surface area contributed by atoms with Gasteiger partial charge in [0.15, 0.2) is 0 Å². The zero-order valence-electron chi connectivity index (χ0n) is 12.2. The summed E-state index contributed by atoms with van der Waals surface area (Å²) in [5.41, 5.74) is 0. The molecule has 0 aliphatic heterocycles. The van der Waals surface area contributed by atoms with Crippen molar-refractivity contribution in [3.63, 3.8) is 0 Å². The Balaban J connectivity index is -0.00000128. The number of hydrogen-bond acceptors (Lipinski definition) is 2. The van der Waals surface area contributed by atoms with Gasteiger partial charge in [0.05, 0.1) is 0 Å². The van der Waals surface area contributed by atoms with Crippen molar-refractivity contribution in [3.8, 4) is 0 Å². The average Bonchev–Trinajstić information content (AvgIpc) is 2.31. The molecule has 0 aliphatic rings. The van der Waals surface area contributed by atoms with Crippen LogP contribution in [0.15, 0.2) is 0 Å². The van der Waals surface area contributed by atoms with Gasteiger partial charge >= 0.3 is 117 Å². The Morgan fingerprint density at radius 1 is 0.789 bits per heavy atom. The standard InChI is InChI=1S/2C6H13NO.2FH.Zr/c2*1-3-5-6(8)7-4-2;;;/h2*3-5H2,1-2H3,(H,7,8);2*1H;/q;;;;+4/p-4. The minimum Gasteiger partial charge on any atom is -1.00 e. The average molecular weight is 358 g/mol. The van der Waals surface area contributed by atoms with Gasteiger partial charge in [0.1, 0.15) is 0 Å². The molecule has 0 heterocycles. The molecule has 4 nitrogen and oxygen atoms in total. The molecule has 0 aromatic rings. The predicted octanol–water partition coefficient (Wildman–Crippen LogP) is -3.80. The number of carbonyl (C=O) groups excluding carboxylic acids is 2. The summed E-state index contributed by atoms with van der Waals surface area (Å²) in [7, 11) is 0. The molecule has 0 aromatic heterocycles. The van der Waals surface area contributed by atoms with Crippen molar-refractivity contribution in [2.45, 2.75) is 53.4 Å². The van der Waals surface area contributed by atoms with Crippen LogP contribution < -0.4 is 9.41 Å². The molecule has 0 aromatic carbocycles. The summed E-state index contributed by atoms with van der Waals surface area (Å²) in [6, 6.07) is 0. The van der Waals surface area contributed by atoms with Gasteiger partial charge in [-0.25, -0.2) is 0 Å². The van der Waals surface area contributed by atoms with E-state index in [1.54, 1.807) is 0 Å². The minimum atomic E-state index is -1.23. The van der Waals surface area contributed by atoms with Crippen LogP contribution in [0.3, 0.4) is 0 Å². The Morgan fingerprint density at radius 2 is 1.11 bits per heavy atom. The van der Waals surface area contributed by atoms with E-state index in [2.05, 4.69) is 0 Å². The molecule has 0 rings (SSSR count). The number of rotatable bonds is 8. The number of nitrogens with zero attached hydrogens (tertiary/aromatic N) is 2. The van der Waals surface area contributed by atoms with Gasteiger partial charge in [-0.3, -0.25) is 0 Å². The quantitative estimate of drug-likeness (QED) is 0.447. The molecule has 0 N–H and O–H groups in total. The van der Waals surface area contributed by atoms with Crippen molar-refractivity contribution in [2.75, 3.05) is 13.1 Å². The van der Waals surface area contributed by atoms with Gasteiger partial charge < -0.3 is 9.41 Å². The Morgan fingerprint density at radius 3 is 1.32 bits per heavy atom. The summed E-state index contributed by atoms with van der Waals surface area (Å²) in [4.78, 5) is 23.7. The van der Waals surface area contributed by atoms with Crippen LogP contribution in [0.25, 0.3) is 0 Å². The second-order valence-electron chi connectivity index (χ2n) is 3.88. The Hall–Kier alpha value is -0.317. The zero-order valence-corrected chi connectivity index (χ0v) is 14.7. The van der Waals surface area contributed by atoms with Gasteiger partial charge in [0, 0.05) is 0 Å². The van der Waals surface area contributed by atoms with Crippen molar-refractivity contribution in [3.05, 3.63) is 0 Å². The smallest absolute Gasteiger partial charge is 1.00 e. The molecule has 0 atom stereocenters. The van der Waals surface area contributed by atoms with E-state index < -0.39 is 23.8 Å². The number of amides is 2. The summed E-state index contributed by atoms with van der Waals surface area (Å²) in [6.45, 7) is 9.48. The molecular formula is C12H24F2N2O2Zr. The first-order valence-corrected chi connectivity index (χ1v) is 8.67. The Kier molecular flexibility index (Phi) is 17.6. The second-order valence-corrected chi connectivity index (χ2v) is 7.02. The molecule has 0 fully saturated rings. The first-order valence-electron chi connectivity index (χ1n) is 6.47. The molecular weight excluding hydrogens is 333 g/mol. The zero-order chi connectivity index (χ0) is 13.3. The first kappa shape index (κ1) is 23.8. The van der Waals surface area contributed by atoms with Gasteiger partial charge in [-0.15, -0.1) is 0 Å². The summed E-state index contributed by atoms with van der Waals surface area (Å²) in [5, 5.41) is 0. The van der Waals surface area contributed by atoms with E-state index in [1.165, 1.54) is 0 Å². The summed E-state index contributed by atoms with van der Waals surface area (Å²) >= 11 is -1.23. The van der Waals surface area contributed by atoms with E-state index in [4.69, 9.17) is 0 Å². The summed E-state index contributed by atoms with van der Waals surface area (Å²) in [5.74, 6) is 0.425. The molecule has 0 bridgehead atoms. The fourth-order valence-corrected chi connectivity index (χ4v) is 3.96. The van der Waals surface area contributed by atoms with Gasteiger partial charge in [-0.2, -0.15) is 0 Å². The topological polar surface area (TPSA) is 40.6 Å². The van der Waals surface area contributed by atoms with Crippen molar-refractivity contribution < 1.29 is 42.8 Å². The number of carbonyl (C=O) groups is 2. The monoisotopic (exact) mass is 356 g/mol. The van der Waals surface area contributed by atoms with Gasteiger partial charge in [-0.1, -0.05) is 0 Å². The van der Waals surface area contributed by atoms with E-state index in [0.717, 1.165) is 25.9 Å². The predicted molar refractivity (Wildman–Crippen MR) is 64.6 cm³/mol.